The van der Waals surface area contributed by atoms with Crippen molar-refractivity contribution in [2.24, 2.45) is 0 Å². The van der Waals surface area contributed by atoms with Crippen molar-refractivity contribution in [2.45, 2.75) is 12.0 Å². The fraction of sp³-hybridized carbons (Fsp3) is 0.0833. The molecule has 0 aliphatic carbocycles. The van der Waals surface area contributed by atoms with E-state index in [9.17, 15) is 5.26 Å². The van der Waals surface area contributed by atoms with Crippen LogP contribution < -0.4 is 0 Å². The summed E-state index contributed by atoms with van der Waals surface area (Å²) in [6.07, 6.45) is 4.71. The van der Waals surface area contributed by atoms with Crippen LogP contribution >= 0.6 is 0 Å². The Kier molecular flexibility index (Phi) is 3.45. The second-order valence-electron chi connectivity index (χ2n) is 6.88. The van der Waals surface area contributed by atoms with Crippen LogP contribution in [0.3, 0.4) is 0 Å². The lowest BCUT2D eigenvalue weighted by atomic mass is 9.77. The molecule has 1 aliphatic rings. The van der Waals surface area contributed by atoms with Crippen molar-refractivity contribution in [1.82, 2.24) is 9.55 Å². The van der Waals surface area contributed by atoms with Gasteiger partial charge in [-0.05, 0) is 28.8 Å². The fourth-order valence-corrected chi connectivity index (χ4v) is 4.29. The molecule has 0 radical (unpaired) electrons. The Morgan fingerprint density at radius 2 is 1.74 bits per heavy atom. The Labute approximate surface area is 158 Å². The molecule has 0 spiro atoms. The smallest absolute Gasteiger partial charge is 0.141 e. The van der Waals surface area contributed by atoms with Crippen LogP contribution in [0.15, 0.2) is 91.3 Å². The number of fused-ring (bicyclic) bond motifs is 3. The minimum absolute atomic E-state index is 0.420. The van der Waals surface area contributed by atoms with Gasteiger partial charge >= 0.3 is 0 Å². The normalized spacial score (nSPS) is 17.1. The van der Waals surface area contributed by atoms with Gasteiger partial charge in [-0.3, -0.25) is 0 Å². The van der Waals surface area contributed by atoms with Crippen molar-refractivity contribution in [3.63, 3.8) is 0 Å². The van der Waals surface area contributed by atoms with Gasteiger partial charge in [-0.15, -0.1) is 0 Å². The summed E-state index contributed by atoms with van der Waals surface area (Å²) < 4.78 is 2.27. The standard InChI is InChI=1S/C24H17N3/c25-17-19-9-6-10-20(15-19)24(16-18-7-2-1-3-8-18)22-12-5-4-11-21(22)23-26-13-14-27(23)24/h1-15H,16H2. The maximum atomic E-state index is 9.46. The Bertz CT molecular complexity index is 1170. The summed E-state index contributed by atoms with van der Waals surface area (Å²) in [7, 11) is 0. The van der Waals surface area contributed by atoms with Crippen LogP contribution in [0.1, 0.15) is 22.3 Å². The van der Waals surface area contributed by atoms with E-state index in [2.05, 4.69) is 76.4 Å². The third kappa shape index (κ3) is 2.24. The van der Waals surface area contributed by atoms with Crippen molar-refractivity contribution in [3.8, 4) is 17.5 Å². The average Bonchev–Trinajstić information content (AvgIpc) is 3.31. The van der Waals surface area contributed by atoms with Crippen LogP contribution in [0, 0.1) is 11.3 Å². The Balaban J connectivity index is 1.84. The third-order valence-corrected chi connectivity index (χ3v) is 5.44. The van der Waals surface area contributed by atoms with Crippen LogP contribution in [-0.4, -0.2) is 9.55 Å². The third-order valence-electron chi connectivity index (χ3n) is 5.44. The lowest BCUT2D eigenvalue weighted by molar-refractivity contribution is 0.450. The minimum atomic E-state index is -0.420. The molecule has 5 rings (SSSR count). The number of benzene rings is 3. The van der Waals surface area contributed by atoms with Crippen LogP contribution in [0.4, 0.5) is 0 Å². The number of rotatable bonds is 3. The SMILES string of the molecule is N#Cc1cccc(C2(Cc3ccccc3)c3ccccc3-c3nccn32)c1. The van der Waals surface area contributed by atoms with Gasteiger partial charge < -0.3 is 4.57 Å². The van der Waals surface area contributed by atoms with Gasteiger partial charge in [-0.25, -0.2) is 4.98 Å². The molecule has 0 amide bonds. The van der Waals surface area contributed by atoms with E-state index in [-0.39, 0.29) is 0 Å². The van der Waals surface area contributed by atoms with E-state index in [0.29, 0.717) is 5.56 Å². The van der Waals surface area contributed by atoms with E-state index >= 15 is 0 Å². The Morgan fingerprint density at radius 1 is 0.926 bits per heavy atom. The summed E-state index contributed by atoms with van der Waals surface area (Å²) in [4.78, 5) is 4.64. The second-order valence-corrected chi connectivity index (χ2v) is 6.88. The van der Waals surface area contributed by atoms with Gasteiger partial charge in [0.25, 0.3) is 0 Å². The van der Waals surface area contributed by atoms with E-state index in [1.54, 1.807) is 0 Å². The zero-order chi connectivity index (χ0) is 18.3. The summed E-state index contributed by atoms with van der Waals surface area (Å²) in [5.74, 6) is 0.976. The number of nitrogens with zero attached hydrogens (tertiary/aromatic N) is 3. The molecule has 128 valence electrons. The first kappa shape index (κ1) is 15.6. The molecule has 1 atom stereocenters. The van der Waals surface area contributed by atoms with Crippen LogP contribution in [0.25, 0.3) is 11.4 Å². The van der Waals surface area contributed by atoms with Crippen molar-refractivity contribution in [1.29, 1.82) is 5.26 Å². The zero-order valence-corrected chi connectivity index (χ0v) is 14.7. The molecule has 3 nitrogen and oxygen atoms in total. The van der Waals surface area contributed by atoms with Crippen LogP contribution in [0.2, 0.25) is 0 Å². The van der Waals surface area contributed by atoms with Gasteiger partial charge in [0.05, 0.1) is 11.6 Å². The number of hydrogen-bond acceptors (Lipinski definition) is 2. The molecule has 1 aromatic heterocycles. The van der Waals surface area contributed by atoms with Gasteiger partial charge in [-0.1, -0.05) is 66.7 Å². The molecule has 2 heterocycles. The molecule has 1 aliphatic heterocycles. The molecule has 1 unspecified atom stereocenters. The largest absolute Gasteiger partial charge is 0.316 e. The maximum absolute atomic E-state index is 9.46. The highest BCUT2D eigenvalue weighted by Crippen LogP contribution is 2.48. The first-order valence-electron chi connectivity index (χ1n) is 9.01. The summed E-state index contributed by atoms with van der Waals surface area (Å²) in [6.45, 7) is 0. The van der Waals surface area contributed by atoms with Gasteiger partial charge in [-0.2, -0.15) is 5.26 Å². The molecule has 0 bridgehead atoms. The molecule has 3 heteroatoms. The summed E-state index contributed by atoms with van der Waals surface area (Å²) in [6, 6.07) is 29.2. The monoisotopic (exact) mass is 347 g/mol. The molecule has 0 saturated heterocycles. The molecular formula is C24H17N3. The van der Waals surface area contributed by atoms with E-state index in [0.717, 1.165) is 23.4 Å². The fourth-order valence-electron chi connectivity index (χ4n) is 4.29. The topological polar surface area (TPSA) is 41.6 Å². The molecular weight excluding hydrogens is 330 g/mol. The van der Waals surface area contributed by atoms with E-state index in [1.165, 1.54) is 11.1 Å². The van der Waals surface area contributed by atoms with Gasteiger partial charge in [0.2, 0.25) is 0 Å². The molecule has 0 saturated carbocycles. The van der Waals surface area contributed by atoms with Crippen molar-refractivity contribution in [3.05, 3.63) is 114 Å². The number of aromatic nitrogens is 2. The molecule has 0 N–H and O–H groups in total. The lowest BCUT2D eigenvalue weighted by Crippen LogP contribution is -2.35. The van der Waals surface area contributed by atoms with E-state index in [1.807, 2.05) is 30.5 Å². The predicted octanol–water partition coefficient (Wildman–Crippen LogP) is 4.77. The highest BCUT2D eigenvalue weighted by Gasteiger charge is 2.44. The zero-order valence-electron chi connectivity index (χ0n) is 14.7. The van der Waals surface area contributed by atoms with Crippen LogP contribution in [0.5, 0.6) is 0 Å². The highest BCUT2D eigenvalue weighted by molar-refractivity contribution is 5.71. The highest BCUT2D eigenvalue weighted by atomic mass is 15.2. The number of imidazole rings is 1. The Morgan fingerprint density at radius 3 is 2.59 bits per heavy atom. The van der Waals surface area contributed by atoms with Gasteiger partial charge in [0, 0.05) is 24.4 Å². The first-order chi connectivity index (χ1) is 13.3. The second kappa shape index (κ2) is 5.96. The first-order valence-corrected chi connectivity index (χ1v) is 9.01. The van der Waals surface area contributed by atoms with Gasteiger partial charge in [0.1, 0.15) is 11.4 Å². The summed E-state index contributed by atoms with van der Waals surface area (Å²) in [5.41, 5.74) is 4.99. The summed E-state index contributed by atoms with van der Waals surface area (Å²) in [5, 5.41) is 9.46. The van der Waals surface area contributed by atoms with Crippen molar-refractivity contribution >= 4 is 0 Å². The van der Waals surface area contributed by atoms with Gasteiger partial charge in [0.15, 0.2) is 0 Å². The predicted molar refractivity (Wildman–Crippen MR) is 105 cm³/mol. The Hall–Kier alpha value is -3.64. The van der Waals surface area contributed by atoms with E-state index < -0.39 is 5.54 Å². The molecule has 3 aromatic carbocycles. The molecule has 27 heavy (non-hydrogen) atoms. The minimum Gasteiger partial charge on any atom is -0.316 e. The van der Waals surface area contributed by atoms with Crippen molar-refractivity contribution < 1.29 is 0 Å². The summed E-state index contributed by atoms with van der Waals surface area (Å²) >= 11 is 0. The lowest BCUT2D eigenvalue weighted by Gasteiger charge is -2.34. The molecule has 0 fully saturated rings. The average molecular weight is 347 g/mol. The maximum Gasteiger partial charge on any atom is 0.141 e. The molecule has 4 aromatic rings. The van der Waals surface area contributed by atoms with E-state index in [4.69, 9.17) is 0 Å². The van der Waals surface area contributed by atoms with Crippen molar-refractivity contribution in [2.75, 3.05) is 0 Å². The quantitative estimate of drug-likeness (QED) is 0.536. The number of nitriles is 1. The van der Waals surface area contributed by atoms with Crippen LogP contribution in [-0.2, 0) is 12.0 Å². The number of hydrogen-bond donors (Lipinski definition) is 0.